The number of methoxy groups -OCH3 is 1. The maximum atomic E-state index is 12.3. The number of carbonyl (C=O) groups is 1. The van der Waals surface area contributed by atoms with Crippen molar-refractivity contribution in [1.29, 1.82) is 0 Å². The summed E-state index contributed by atoms with van der Waals surface area (Å²) in [6.45, 7) is 12.4. The van der Waals surface area contributed by atoms with Gasteiger partial charge in [0.2, 0.25) is 0 Å². The van der Waals surface area contributed by atoms with Gasteiger partial charge in [-0.1, -0.05) is 0 Å². The normalized spacial score (nSPS) is 26.1. The van der Waals surface area contributed by atoms with E-state index in [1.165, 1.54) is 12.8 Å². The molecule has 2 atom stereocenters. The second kappa shape index (κ2) is 8.65. The summed E-state index contributed by atoms with van der Waals surface area (Å²) < 4.78 is 10.7. The van der Waals surface area contributed by atoms with E-state index in [0.29, 0.717) is 19.1 Å². The number of aliphatic imine (C=N–C) groups is 1. The van der Waals surface area contributed by atoms with E-state index in [1.54, 1.807) is 7.11 Å². The number of amides is 1. The van der Waals surface area contributed by atoms with Gasteiger partial charge in [-0.05, 0) is 40.2 Å². The van der Waals surface area contributed by atoms with Gasteiger partial charge >= 0.3 is 6.09 Å². The fourth-order valence-electron chi connectivity index (χ4n) is 4.06. The zero-order valence-electron chi connectivity index (χ0n) is 17.2. The van der Waals surface area contributed by atoms with Crippen molar-refractivity contribution in [2.24, 2.45) is 4.99 Å². The fourth-order valence-corrected chi connectivity index (χ4v) is 4.06. The molecule has 0 spiro atoms. The van der Waals surface area contributed by atoms with Gasteiger partial charge in [-0.2, -0.15) is 0 Å². The number of hydrogen-bond donors (Lipinski definition) is 1. The lowest BCUT2D eigenvalue weighted by Crippen LogP contribution is -2.58. The van der Waals surface area contributed by atoms with Crippen molar-refractivity contribution in [2.45, 2.75) is 51.3 Å². The topological polar surface area (TPSA) is 69.6 Å². The Bertz CT molecular complexity index is 548. The molecule has 8 nitrogen and oxygen atoms in total. The van der Waals surface area contributed by atoms with E-state index in [0.717, 1.165) is 45.3 Å². The van der Waals surface area contributed by atoms with Gasteiger partial charge in [0.25, 0.3) is 0 Å². The molecule has 0 radical (unpaired) electrons. The molecule has 2 unspecified atom stereocenters. The second-order valence-corrected chi connectivity index (χ2v) is 8.64. The summed E-state index contributed by atoms with van der Waals surface area (Å²) >= 11 is 0. The third kappa shape index (κ3) is 5.25. The molecular formula is C19H35N5O3. The van der Waals surface area contributed by atoms with Crippen molar-refractivity contribution in [3.63, 3.8) is 0 Å². The average molecular weight is 382 g/mol. The van der Waals surface area contributed by atoms with E-state index in [1.807, 2.05) is 25.7 Å². The first-order valence-corrected chi connectivity index (χ1v) is 10.1. The van der Waals surface area contributed by atoms with Crippen LogP contribution in [0.5, 0.6) is 0 Å². The van der Waals surface area contributed by atoms with Crippen LogP contribution in [0, 0.1) is 0 Å². The molecular weight excluding hydrogens is 346 g/mol. The Labute approximate surface area is 162 Å². The number of hydrogen-bond acceptors (Lipinski definition) is 7. The molecule has 0 aromatic rings. The Morgan fingerprint density at radius 2 is 2.11 bits per heavy atom. The minimum Gasteiger partial charge on any atom is -0.444 e. The van der Waals surface area contributed by atoms with Crippen LogP contribution in [0.2, 0.25) is 0 Å². The zero-order chi connectivity index (χ0) is 19.4. The molecule has 27 heavy (non-hydrogen) atoms. The number of rotatable bonds is 5. The lowest BCUT2D eigenvalue weighted by molar-refractivity contribution is 0.0137. The predicted octanol–water partition coefficient (Wildman–Crippen LogP) is 0.978. The van der Waals surface area contributed by atoms with Gasteiger partial charge in [-0.15, -0.1) is 0 Å². The highest BCUT2D eigenvalue weighted by Crippen LogP contribution is 2.20. The molecule has 0 bridgehead atoms. The van der Waals surface area contributed by atoms with Crippen molar-refractivity contribution < 1.29 is 14.3 Å². The van der Waals surface area contributed by atoms with Crippen LogP contribution in [0.15, 0.2) is 4.99 Å². The molecule has 1 N–H and O–H groups in total. The zero-order valence-corrected chi connectivity index (χ0v) is 17.2. The summed E-state index contributed by atoms with van der Waals surface area (Å²) in [4.78, 5) is 23.7. The Morgan fingerprint density at radius 3 is 2.85 bits per heavy atom. The fraction of sp³-hybridized carbons (Fsp3) is 0.895. The van der Waals surface area contributed by atoms with Gasteiger partial charge < -0.3 is 24.6 Å². The van der Waals surface area contributed by atoms with Gasteiger partial charge in [0.15, 0.2) is 5.96 Å². The molecule has 0 aromatic carbocycles. The summed E-state index contributed by atoms with van der Waals surface area (Å²) in [6.07, 6.45) is 2.25. The summed E-state index contributed by atoms with van der Waals surface area (Å²) in [5, 5.41) is 3.57. The largest absolute Gasteiger partial charge is 0.444 e. The highest BCUT2D eigenvalue weighted by Gasteiger charge is 2.36. The first kappa shape index (κ1) is 20.2. The van der Waals surface area contributed by atoms with Crippen LogP contribution in [0.1, 0.15) is 33.6 Å². The summed E-state index contributed by atoms with van der Waals surface area (Å²) in [6, 6.07) is 0.798. The molecule has 2 fully saturated rings. The third-order valence-electron chi connectivity index (χ3n) is 5.44. The Hall–Kier alpha value is -1.54. The smallest absolute Gasteiger partial charge is 0.410 e. The van der Waals surface area contributed by atoms with Crippen molar-refractivity contribution in [3.8, 4) is 0 Å². The number of nitrogens with zero attached hydrogens (tertiary/aromatic N) is 4. The van der Waals surface area contributed by atoms with Gasteiger partial charge in [0.1, 0.15) is 5.60 Å². The van der Waals surface area contributed by atoms with Crippen molar-refractivity contribution in [1.82, 2.24) is 20.0 Å². The lowest BCUT2D eigenvalue weighted by Gasteiger charge is -2.39. The number of piperazine rings is 1. The molecule has 0 saturated carbocycles. The van der Waals surface area contributed by atoms with Crippen LogP contribution in [0.4, 0.5) is 4.79 Å². The number of fused-ring (bicyclic) bond motifs is 1. The third-order valence-corrected chi connectivity index (χ3v) is 5.44. The molecule has 8 heteroatoms. The Morgan fingerprint density at radius 1 is 1.30 bits per heavy atom. The number of nitrogens with one attached hydrogen (secondary N) is 1. The van der Waals surface area contributed by atoms with Crippen LogP contribution in [0.3, 0.4) is 0 Å². The van der Waals surface area contributed by atoms with Crippen LogP contribution in [0.25, 0.3) is 0 Å². The standard InChI is InChI=1S/C19H35N5O3/c1-19(2,3)27-18(25)23-8-9-24-16(14-23)13-21-17(24)20-12-15-6-5-7-22(15)10-11-26-4/h15-16H,5-14H2,1-4H3,(H,20,21). The van der Waals surface area contributed by atoms with Gasteiger partial charge in [-0.3, -0.25) is 9.89 Å². The molecule has 3 rings (SSSR count). The van der Waals surface area contributed by atoms with Crippen LogP contribution >= 0.6 is 0 Å². The van der Waals surface area contributed by atoms with Crippen molar-refractivity contribution in [2.75, 3.05) is 59.5 Å². The van der Waals surface area contributed by atoms with Gasteiger partial charge in [0.05, 0.1) is 19.2 Å². The molecule has 3 heterocycles. The molecule has 154 valence electrons. The average Bonchev–Trinajstić information content (AvgIpc) is 3.22. The van der Waals surface area contributed by atoms with E-state index in [-0.39, 0.29) is 12.1 Å². The summed E-state index contributed by atoms with van der Waals surface area (Å²) in [5.41, 5.74) is -0.455. The van der Waals surface area contributed by atoms with E-state index in [9.17, 15) is 4.79 Å². The second-order valence-electron chi connectivity index (χ2n) is 8.64. The summed E-state index contributed by atoms with van der Waals surface area (Å²) in [7, 11) is 1.76. The van der Waals surface area contributed by atoms with E-state index < -0.39 is 5.60 Å². The van der Waals surface area contributed by atoms with E-state index in [2.05, 4.69) is 15.1 Å². The quantitative estimate of drug-likeness (QED) is 0.766. The number of ether oxygens (including phenoxy) is 2. The van der Waals surface area contributed by atoms with Crippen LogP contribution < -0.4 is 5.32 Å². The minimum atomic E-state index is -0.455. The highest BCUT2D eigenvalue weighted by molar-refractivity contribution is 5.82. The molecule has 0 aliphatic carbocycles. The molecule has 1 amide bonds. The lowest BCUT2D eigenvalue weighted by atomic mass is 10.2. The van der Waals surface area contributed by atoms with Gasteiger partial charge in [-0.25, -0.2) is 4.79 Å². The first-order chi connectivity index (χ1) is 12.9. The van der Waals surface area contributed by atoms with Gasteiger partial charge in [0, 0.05) is 45.9 Å². The number of guanidine groups is 1. The molecule has 2 saturated heterocycles. The molecule has 0 aromatic heterocycles. The van der Waals surface area contributed by atoms with Crippen LogP contribution in [-0.2, 0) is 9.47 Å². The maximum Gasteiger partial charge on any atom is 0.410 e. The minimum absolute atomic E-state index is 0.219. The summed E-state index contributed by atoms with van der Waals surface area (Å²) in [5.74, 6) is 0.988. The highest BCUT2D eigenvalue weighted by atomic mass is 16.6. The maximum absolute atomic E-state index is 12.3. The monoisotopic (exact) mass is 381 g/mol. The Kier molecular flexibility index (Phi) is 6.47. The molecule has 3 aliphatic rings. The molecule has 3 aliphatic heterocycles. The van der Waals surface area contributed by atoms with Crippen molar-refractivity contribution in [3.05, 3.63) is 0 Å². The number of carbonyl (C=O) groups excluding carboxylic acids is 1. The van der Waals surface area contributed by atoms with E-state index >= 15 is 0 Å². The SMILES string of the molecule is COCCN1CCCC1CNC1=NCC2CN(C(=O)OC(C)(C)C)CCN12. The number of likely N-dealkylation sites (tertiary alicyclic amines) is 1. The first-order valence-electron chi connectivity index (χ1n) is 10.1. The van der Waals surface area contributed by atoms with E-state index in [4.69, 9.17) is 14.5 Å². The van der Waals surface area contributed by atoms with Crippen LogP contribution in [-0.4, -0.2) is 104 Å². The Balaban J connectivity index is 1.46. The van der Waals surface area contributed by atoms with Crippen molar-refractivity contribution >= 4 is 12.1 Å². The predicted molar refractivity (Wildman–Crippen MR) is 105 cm³/mol.